The number of aromatic nitrogens is 2. The molecule has 0 aliphatic carbocycles. The number of esters is 1. The van der Waals surface area contributed by atoms with Crippen LogP contribution in [0.25, 0.3) is 11.0 Å². The zero-order chi connectivity index (χ0) is 22.1. The van der Waals surface area contributed by atoms with Gasteiger partial charge in [-0.05, 0) is 64.2 Å². The van der Waals surface area contributed by atoms with E-state index < -0.39 is 17.6 Å². The summed E-state index contributed by atoms with van der Waals surface area (Å²) >= 11 is 0. The second-order valence-corrected chi connectivity index (χ2v) is 8.80. The van der Waals surface area contributed by atoms with Crippen LogP contribution in [0, 0.1) is 0 Å². The highest BCUT2D eigenvalue weighted by Gasteiger charge is 2.31. The number of hydrogen-bond donors (Lipinski definition) is 1. The zero-order valence-electron chi connectivity index (χ0n) is 18.0. The molecular weight excluding hydrogens is 386 g/mol. The molecule has 1 aliphatic heterocycles. The van der Waals surface area contributed by atoms with Crippen LogP contribution in [0.1, 0.15) is 64.5 Å². The average molecular weight is 415 g/mol. The number of aryl methyl sites for hydroxylation is 2. The minimum Gasteiger partial charge on any atom is -0.460 e. The van der Waals surface area contributed by atoms with Crippen molar-refractivity contribution in [3.8, 4) is 0 Å². The maximum absolute atomic E-state index is 12.8. The molecule has 8 nitrogen and oxygen atoms in total. The smallest absolute Gasteiger partial charge is 0.329 e. The monoisotopic (exact) mass is 415 g/mol. The summed E-state index contributed by atoms with van der Waals surface area (Å²) in [6.45, 7) is 5.56. The van der Waals surface area contributed by atoms with Gasteiger partial charge in [0.05, 0.1) is 11.0 Å². The van der Waals surface area contributed by atoms with E-state index in [1.807, 2.05) is 39.0 Å². The van der Waals surface area contributed by atoms with Gasteiger partial charge < -0.3 is 4.74 Å². The Morgan fingerprint density at radius 3 is 2.57 bits per heavy atom. The van der Waals surface area contributed by atoms with Crippen molar-refractivity contribution < 1.29 is 19.1 Å². The number of carbonyl (C=O) groups excluding carboxylic acids is 3. The van der Waals surface area contributed by atoms with Crippen molar-refractivity contribution in [3.05, 3.63) is 34.2 Å². The largest absolute Gasteiger partial charge is 0.460 e. The quantitative estimate of drug-likeness (QED) is 0.444. The molecule has 1 N–H and O–H groups in total. The number of imide groups is 1. The third-order valence-electron chi connectivity index (χ3n) is 5.19. The maximum atomic E-state index is 12.8. The number of amides is 2. The fraction of sp³-hybridized carbons (Fsp3) is 0.545. The molecule has 30 heavy (non-hydrogen) atoms. The van der Waals surface area contributed by atoms with Gasteiger partial charge in [-0.2, -0.15) is 0 Å². The minimum atomic E-state index is -0.682. The summed E-state index contributed by atoms with van der Waals surface area (Å²) in [7, 11) is 1.68. The highest BCUT2D eigenvalue weighted by Crippen LogP contribution is 2.24. The highest BCUT2D eigenvalue weighted by molar-refractivity contribution is 6.00. The number of imidazole rings is 1. The van der Waals surface area contributed by atoms with Crippen LogP contribution in [0.5, 0.6) is 0 Å². The van der Waals surface area contributed by atoms with E-state index in [1.165, 1.54) is 9.13 Å². The molecule has 0 bridgehead atoms. The van der Waals surface area contributed by atoms with Gasteiger partial charge in [-0.15, -0.1) is 0 Å². The summed E-state index contributed by atoms with van der Waals surface area (Å²) < 4.78 is 8.33. The van der Waals surface area contributed by atoms with Gasteiger partial charge in [0.25, 0.3) is 0 Å². The number of nitrogens with one attached hydrogen (secondary N) is 1. The molecule has 1 saturated heterocycles. The first-order valence-electron chi connectivity index (χ1n) is 10.3. The topological polar surface area (TPSA) is 99.4 Å². The van der Waals surface area contributed by atoms with Crippen LogP contribution >= 0.6 is 0 Å². The lowest BCUT2D eigenvalue weighted by molar-refractivity contribution is -0.155. The van der Waals surface area contributed by atoms with Crippen LogP contribution in [0.15, 0.2) is 23.0 Å². The van der Waals surface area contributed by atoms with Gasteiger partial charge in [-0.25, -0.2) is 4.79 Å². The first-order chi connectivity index (χ1) is 14.1. The third-order valence-corrected chi connectivity index (χ3v) is 5.19. The SMILES string of the molecule is Cn1c(=O)n(C2CCC(=O)NC2=O)c2ccc(CCCCC(=O)OC(C)(C)C)cc21. The number of nitrogens with zero attached hydrogens (tertiary/aromatic N) is 2. The number of benzene rings is 1. The van der Waals surface area contributed by atoms with E-state index >= 15 is 0 Å². The van der Waals surface area contributed by atoms with Gasteiger partial charge in [0.1, 0.15) is 11.6 Å². The molecule has 2 aromatic rings. The number of ether oxygens (including phenoxy) is 1. The van der Waals surface area contributed by atoms with Crippen molar-refractivity contribution in [3.63, 3.8) is 0 Å². The molecule has 162 valence electrons. The molecule has 2 amide bonds. The predicted molar refractivity (Wildman–Crippen MR) is 112 cm³/mol. The van der Waals surface area contributed by atoms with Crippen LogP contribution in [0.4, 0.5) is 0 Å². The van der Waals surface area contributed by atoms with Gasteiger partial charge >= 0.3 is 11.7 Å². The Morgan fingerprint density at radius 2 is 1.90 bits per heavy atom. The summed E-state index contributed by atoms with van der Waals surface area (Å²) in [5, 5.41) is 2.31. The van der Waals surface area contributed by atoms with E-state index in [0.29, 0.717) is 18.4 Å². The molecular formula is C22H29N3O5. The average Bonchev–Trinajstić information content (AvgIpc) is 2.88. The van der Waals surface area contributed by atoms with Gasteiger partial charge in [0.15, 0.2) is 0 Å². The zero-order valence-corrected chi connectivity index (χ0v) is 18.0. The molecule has 1 unspecified atom stereocenters. The van der Waals surface area contributed by atoms with Crippen LogP contribution in [-0.4, -0.2) is 32.5 Å². The lowest BCUT2D eigenvalue weighted by Gasteiger charge is -2.21. The molecule has 2 heterocycles. The highest BCUT2D eigenvalue weighted by atomic mass is 16.6. The van der Waals surface area contributed by atoms with Crippen molar-refractivity contribution in [2.75, 3.05) is 0 Å². The number of piperidine rings is 1. The summed E-state index contributed by atoms with van der Waals surface area (Å²) in [6, 6.07) is 5.06. The van der Waals surface area contributed by atoms with Gasteiger partial charge in [-0.3, -0.25) is 28.8 Å². The molecule has 1 aromatic carbocycles. The fourth-order valence-corrected chi connectivity index (χ4v) is 3.79. The molecule has 1 aromatic heterocycles. The molecule has 8 heteroatoms. The Kier molecular flexibility index (Phi) is 6.14. The van der Waals surface area contributed by atoms with E-state index in [2.05, 4.69) is 5.32 Å². The Morgan fingerprint density at radius 1 is 1.17 bits per heavy atom. The summed E-state index contributed by atoms with van der Waals surface area (Å²) in [5.74, 6) is -0.938. The second kappa shape index (κ2) is 8.45. The van der Waals surface area contributed by atoms with Gasteiger partial charge in [-0.1, -0.05) is 6.07 Å². The first kappa shape index (κ1) is 21.8. The van der Waals surface area contributed by atoms with Gasteiger partial charge in [0, 0.05) is 19.9 Å². The molecule has 1 atom stereocenters. The third kappa shape index (κ3) is 4.80. The number of fused-ring (bicyclic) bond motifs is 1. The van der Waals surface area contributed by atoms with Crippen molar-refractivity contribution in [1.29, 1.82) is 0 Å². The van der Waals surface area contributed by atoms with E-state index in [4.69, 9.17) is 4.74 Å². The van der Waals surface area contributed by atoms with Crippen LogP contribution in [0.2, 0.25) is 0 Å². The second-order valence-electron chi connectivity index (χ2n) is 8.80. The van der Waals surface area contributed by atoms with Gasteiger partial charge in [0.2, 0.25) is 11.8 Å². The van der Waals surface area contributed by atoms with Crippen molar-refractivity contribution in [2.45, 2.75) is 70.9 Å². The lowest BCUT2D eigenvalue weighted by Crippen LogP contribution is -2.44. The van der Waals surface area contributed by atoms with Crippen LogP contribution in [-0.2, 0) is 32.6 Å². The van der Waals surface area contributed by atoms with Crippen LogP contribution < -0.4 is 11.0 Å². The van der Waals surface area contributed by atoms with Crippen molar-refractivity contribution in [1.82, 2.24) is 14.5 Å². The van der Waals surface area contributed by atoms with Crippen molar-refractivity contribution >= 4 is 28.8 Å². The molecule has 1 aliphatic rings. The minimum absolute atomic E-state index is 0.193. The molecule has 0 spiro atoms. The lowest BCUT2D eigenvalue weighted by atomic mass is 10.0. The Balaban J connectivity index is 1.71. The fourth-order valence-electron chi connectivity index (χ4n) is 3.79. The summed E-state index contributed by atoms with van der Waals surface area (Å²) in [5.41, 5.74) is 1.73. The Labute approximate surface area is 175 Å². The van der Waals surface area contributed by atoms with Crippen molar-refractivity contribution in [2.24, 2.45) is 7.05 Å². The maximum Gasteiger partial charge on any atom is 0.329 e. The van der Waals surface area contributed by atoms with E-state index in [1.54, 1.807) is 7.05 Å². The van der Waals surface area contributed by atoms with E-state index in [9.17, 15) is 19.2 Å². The first-order valence-corrected chi connectivity index (χ1v) is 10.3. The summed E-state index contributed by atoms with van der Waals surface area (Å²) in [6.07, 6.45) is 3.24. The van der Waals surface area contributed by atoms with Crippen LogP contribution in [0.3, 0.4) is 0 Å². The standard InChI is InChI=1S/C22H29N3O5/c1-22(2,3)30-19(27)8-6-5-7-14-9-10-15-17(13-14)24(4)21(29)25(15)16-11-12-18(26)23-20(16)28/h9-10,13,16H,5-8,11-12H2,1-4H3,(H,23,26,28). The molecule has 0 saturated carbocycles. The Hall–Kier alpha value is -2.90. The predicted octanol–water partition coefficient (Wildman–Crippen LogP) is 2.37. The molecule has 0 radical (unpaired) electrons. The number of hydrogen-bond acceptors (Lipinski definition) is 5. The number of rotatable bonds is 6. The molecule has 3 rings (SSSR count). The Bertz CT molecular complexity index is 1040. The number of unbranched alkanes of at least 4 members (excludes halogenated alkanes) is 1. The van der Waals surface area contributed by atoms with E-state index in [0.717, 1.165) is 30.3 Å². The molecule has 1 fully saturated rings. The normalized spacial score (nSPS) is 17.3. The summed E-state index contributed by atoms with van der Waals surface area (Å²) in [4.78, 5) is 48.3. The van der Waals surface area contributed by atoms with E-state index in [-0.39, 0.29) is 24.0 Å². The number of carbonyl (C=O) groups is 3.